The van der Waals surface area contributed by atoms with E-state index in [0.717, 1.165) is 6.42 Å². The second-order valence-electron chi connectivity index (χ2n) is 1.21. The van der Waals surface area contributed by atoms with Crippen LogP contribution in [0.5, 0.6) is 0 Å². The van der Waals surface area contributed by atoms with Crippen molar-refractivity contribution in [3.63, 3.8) is 0 Å². The maximum absolute atomic E-state index is 8.68. The van der Waals surface area contributed by atoms with Gasteiger partial charge >= 0.3 is 0 Å². The van der Waals surface area contributed by atoms with Crippen LogP contribution in [0.15, 0.2) is 0 Å². The van der Waals surface area contributed by atoms with Gasteiger partial charge < -0.3 is 5.11 Å². The Kier molecular flexibility index (Phi) is 3.81. The van der Waals surface area contributed by atoms with Gasteiger partial charge in [-0.2, -0.15) is 0 Å². The number of hydrogen-bond donors (Lipinski definition) is 1. The molecule has 2 unspecified atom stereocenters. The van der Waals surface area contributed by atoms with Crippen molar-refractivity contribution in [1.82, 2.24) is 0 Å². The minimum Gasteiger partial charge on any atom is -0.389 e. The Morgan fingerprint density at radius 3 is 2.33 bits per heavy atom. The van der Waals surface area contributed by atoms with Crippen LogP contribution in [-0.2, 0) is 0 Å². The molecule has 0 aromatic rings. The molecule has 0 rings (SSSR count). The fourth-order valence-corrected chi connectivity index (χ4v) is 0.612. The van der Waals surface area contributed by atoms with E-state index in [-0.39, 0.29) is 5.85 Å². The van der Waals surface area contributed by atoms with E-state index < -0.39 is 0 Å². The van der Waals surface area contributed by atoms with Gasteiger partial charge in [-0.15, -0.1) is 0 Å². The fourth-order valence-electron chi connectivity index (χ4n) is 0.204. The summed E-state index contributed by atoms with van der Waals surface area (Å²) in [6.45, 7) is 4.00. The van der Waals surface area contributed by atoms with Crippen LogP contribution < -0.4 is 0 Å². The molecular formula is C4H11OP. The van der Waals surface area contributed by atoms with E-state index in [1.54, 1.807) is 0 Å². The van der Waals surface area contributed by atoms with Crippen LogP contribution in [0, 0.1) is 0 Å². The molecule has 0 saturated heterocycles. The minimum absolute atomic E-state index is 0.0370. The second kappa shape index (κ2) is 3.58. The van der Waals surface area contributed by atoms with Crippen molar-refractivity contribution >= 4 is 8.58 Å². The molecule has 0 radical (unpaired) electrons. The summed E-state index contributed by atoms with van der Waals surface area (Å²) in [5, 5.41) is 8.68. The summed E-state index contributed by atoms with van der Waals surface area (Å²) < 4.78 is 0. The Balaban J connectivity index is 2.75. The summed E-state index contributed by atoms with van der Waals surface area (Å²) in [4.78, 5) is 0. The van der Waals surface area contributed by atoms with E-state index in [2.05, 4.69) is 0 Å². The van der Waals surface area contributed by atoms with Gasteiger partial charge in [-0.3, -0.25) is 0 Å². The third-order valence-corrected chi connectivity index (χ3v) is 1.79. The second-order valence-corrected chi connectivity index (χ2v) is 2.46. The zero-order chi connectivity index (χ0) is 4.99. The van der Waals surface area contributed by atoms with E-state index in [1.165, 1.54) is 0 Å². The van der Waals surface area contributed by atoms with Crippen molar-refractivity contribution in [2.24, 2.45) is 0 Å². The molecular weight excluding hydrogens is 95.0 g/mol. The molecule has 2 atom stereocenters. The third-order valence-electron chi connectivity index (χ3n) is 0.720. The van der Waals surface area contributed by atoms with Crippen molar-refractivity contribution in [3.05, 3.63) is 0 Å². The summed E-state index contributed by atoms with van der Waals surface area (Å²) in [6.07, 6.45) is 0.898. The van der Waals surface area contributed by atoms with Crippen molar-refractivity contribution in [1.29, 1.82) is 0 Å². The monoisotopic (exact) mass is 106 g/mol. The standard InChI is InChI=1S/C4H11OP/c1-3-4(5)6-2/h4-6H,3H2,1-2H3. The van der Waals surface area contributed by atoms with Gasteiger partial charge in [-0.25, -0.2) is 0 Å². The highest BCUT2D eigenvalue weighted by Crippen LogP contribution is 2.12. The normalized spacial score (nSPS) is 16.5. The molecule has 1 N–H and O–H groups in total. The van der Waals surface area contributed by atoms with Gasteiger partial charge in [0, 0.05) is 0 Å². The first-order valence-electron chi connectivity index (χ1n) is 2.16. The highest BCUT2D eigenvalue weighted by molar-refractivity contribution is 7.37. The largest absolute Gasteiger partial charge is 0.389 e. The zero-order valence-corrected chi connectivity index (χ0v) is 5.23. The lowest BCUT2D eigenvalue weighted by molar-refractivity contribution is 0.256. The summed E-state index contributed by atoms with van der Waals surface area (Å²) in [5.74, 6) is -0.0370. The van der Waals surface area contributed by atoms with Crippen LogP contribution in [0.4, 0.5) is 0 Å². The summed E-state index contributed by atoms with van der Waals surface area (Å²) in [6, 6.07) is 0. The third kappa shape index (κ3) is 2.62. The Labute approximate surface area is 40.5 Å². The van der Waals surface area contributed by atoms with Gasteiger partial charge in [0.05, 0.1) is 5.85 Å². The Morgan fingerprint density at radius 1 is 1.83 bits per heavy atom. The number of aliphatic hydroxyl groups excluding tert-OH is 1. The van der Waals surface area contributed by atoms with Crippen molar-refractivity contribution in [2.45, 2.75) is 19.2 Å². The fraction of sp³-hybridized carbons (Fsp3) is 1.00. The molecule has 38 valence electrons. The summed E-state index contributed by atoms with van der Waals surface area (Å²) >= 11 is 0. The maximum Gasteiger partial charge on any atom is 0.0697 e. The van der Waals surface area contributed by atoms with E-state index in [4.69, 9.17) is 5.11 Å². The summed E-state index contributed by atoms with van der Waals surface area (Å²) in [5.41, 5.74) is 0. The van der Waals surface area contributed by atoms with Gasteiger partial charge in [0.25, 0.3) is 0 Å². The molecule has 0 amide bonds. The predicted molar refractivity (Wildman–Crippen MR) is 30.5 cm³/mol. The highest BCUT2D eigenvalue weighted by Gasteiger charge is 1.90. The molecule has 0 aromatic heterocycles. The Bertz CT molecular complexity index is 26.7. The quantitative estimate of drug-likeness (QED) is 0.521. The lowest BCUT2D eigenvalue weighted by Crippen LogP contribution is -1.91. The smallest absolute Gasteiger partial charge is 0.0697 e. The Hall–Kier alpha value is 0.390. The molecule has 0 saturated carbocycles. The van der Waals surface area contributed by atoms with Crippen LogP contribution in [0.1, 0.15) is 13.3 Å². The summed E-state index contributed by atoms with van der Waals surface area (Å²) in [7, 11) is 0.687. The number of aliphatic hydroxyl groups is 1. The lowest BCUT2D eigenvalue weighted by Gasteiger charge is -1.98. The molecule has 0 aromatic carbocycles. The highest BCUT2D eigenvalue weighted by atomic mass is 31.1. The minimum atomic E-state index is -0.0370. The first kappa shape index (κ1) is 6.39. The van der Waals surface area contributed by atoms with Crippen LogP contribution in [-0.4, -0.2) is 17.6 Å². The van der Waals surface area contributed by atoms with Crippen LogP contribution in [0.25, 0.3) is 0 Å². The molecule has 0 fully saturated rings. The van der Waals surface area contributed by atoms with Crippen molar-refractivity contribution < 1.29 is 5.11 Å². The zero-order valence-electron chi connectivity index (χ0n) is 4.23. The van der Waals surface area contributed by atoms with Gasteiger partial charge in [0.1, 0.15) is 0 Å². The van der Waals surface area contributed by atoms with Crippen molar-refractivity contribution in [2.75, 3.05) is 6.66 Å². The van der Waals surface area contributed by atoms with Gasteiger partial charge in [-0.05, 0) is 13.1 Å². The SMILES string of the molecule is CCC(O)PC. The van der Waals surface area contributed by atoms with E-state index in [9.17, 15) is 0 Å². The molecule has 0 aliphatic carbocycles. The molecule has 0 bridgehead atoms. The van der Waals surface area contributed by atoms with Gasteiger partial charge in [-0.1, -0.05) is 15.5 Å². The van der Waals surface area contributed by atoms with Gasteiger partial charge in [0.2, 0.25) is 0 Å². The number of rotatable bonds is 2. The van der Waals surface area contributed by atoms with Crippen LogP contribution in [0.2, 0.25) is 0 Å². The lowest BCUT2D eigenvalue weighted by atomic mass is 10.5. The van der Waals surface area contributed by atoms with Crippen LogP contribution >= 0.6 is 8.58 Å². The molecule has 0 aliphatic rings. The molecule has 6 heavy (non-hydrogen) atoms. The predicted octanol–water partition coefficient (Wildman–Crippen LogP) is 1.02. The topological polar surface area (TPSA) is 20.2 Å². The molecule has 0 aliphatic heterocycles. The molecule has 0 heterocycles. The van der Waals surface area contributed by atoms with Crippen molar-refractivity contribution in [3.8, 4) is 0 Å². The average molecular weight is 106 g/mol. The van der Waals surface area contributed by atoms with E-state index >= 15 is 0 Å². The maximum atomic E-state index is 8.68. The molecule has 1 nitrogen and oxygen atoms in total. The molecule has 2 heteroatoms. The first-order chi connectivity index (χ1) is 2.81. The average Bonchev–Trinajstić information content (AvgIpc) is 1.65. The first-order valence-corrected chi connectivity index (χ1v) is 3.74. The molecule has 0 spiro atoms. The number of hydrogen-bond acceptors (Lipinski definition) is 1. The van der Waals surface area contributed by atoms with Crippen LogP contribution in [0.3, 0.4) is 0 Å². The van der Waals surface area contributed by atoms with Gasteiger partial charge in [0.15, 0.2) is 0 Å². The van der Waals surface area contributed by atoms with E-state index in [0.29, 0.717) is 8.58 Å². The Morgan fingerprint density at radius 2 is 2.33 bits per heavy atom. The van der Waals surface area contributed by atoms with E-state index in [1.807, 2.05) is 13.6 Å².